The number of non-ortho nitro benzene ring substituents is 1. The van der Waals surface area contributed by atoms with Crippen molar-refractivity contribution in [3.05, 3.63) is 98.2 Å². The lowest BCUT2D eigenvalue weighted by atomic mass is 9.73. The molecule has 11 nitrogen and oxygen atoms in total. The maximum absolute atomic E-state index is 13.9. The maximum atomic E-state index is 13.9. The lowest BCUT2D eigenvalue weighted by Crippen LogP contribution is -2.42. The van der Waals surface area contributed by atoms with E-state index in [4.69, 9.17) is 18.9 Å². The number of aliphatic hydroxyl groups excluding tert-OH is 1. The molecular weight excluding hydrogens is 566 g/mol. The number of benzene rings is 3. The topological polar surface area (TPSA) is 144 Å². The van der Waals surface area contributed by atoms with Gasteiger partial charge in [0.05, 0.1) is 39.0 Å². The minimum Gasteiger partial charge on any atom is -0.507 e. The van der Waals surface area contributed by atoms with Crippen LogP contribution in [0.5, 0.6) is 23.0 Å². The molecule has 0 saturated heterocycles. The van der Waals surface area contributed by atoms with Crippen molar-refractivity contribution >= 4 is 28.8 Å². The van der Waals surface area contributed by atoms with E-state index in [1.807, 2.05) is 0 Å². The second-order valence-corrected chi connectivity index (χ2v) is 10.4. The van der Waals surface area contributed by atoms with Crippen LogP contribution in [0.2, 0.25) is 0 Å². The van der Waals surface area contributed by atoms with Crippen LogP contribution in [0, 0.1) is 22.4 Å². The van der Waals surface area contributed by atoms with Gasteiger partial charge in [-0.05, 0) is 73.4 Å². The van der Waals surface area contributed by atoms with Gasteiger partial charge in [-0.2, -0.15) is 0 Å². The summed E-state index contributed by atoms with van der Waals surface area (Å²) >= 11 is 0. The zero-order valence-corrected chi connectivity index (χ0v) is 25.1. The minimum absolute atomic E-state index is 0.0672. The number of aliphatic hydroxyl groups is 1. The second kappa shape index (κ2) is 12.1. The molecule has 2 N–H and O–H groups in total. The molecule has 0 bridgehead atoms. The van der Waals surface area contributed by atoms with Gasteiger partial charge in [0, 0.05) is 46.9 Å². The first-order chi connectivity index (χ1) is 21.1. The van der Waals surface area contributed by atoms with Crippen LogP contribution >= 0.6 is 0 Å². The van der Waals surface area contributed by atoms with Crippen molar-refractivity contribution < 1.29 is 33.8 Å². The Kier molecular flexibility index (Phi) is 8.30. The molecule has 3 aromatic carbocycles. The summed E-state index contributed by atoms with van der Waals surface area (Å²) in [5.74, 6) is 0.404. The smallest absolute Gasteiger partial charge is 0.269 e. The van der Waals surface area contributed by atoms with Crippen LogP contribution in [0.4, 0.5) is 11.4 Å². The molecule has 0 fully saturated rings. The lowest BCUT2D eigenvalue weighted by Gasteiger charge is -2.42. The number of anilines is 1. The third-order valence-electron chi connectivity index (χ3n) is 8.03. The molecule has 1 atom stereocenters. The van der Waals surface area contributed by atoms with E-state index in [-0.39, 0.29) is 35.1 Å². The number of carbonyl (C=O) groups is 1. The predicted molar refractivity (Wildman–Crippen MR) is 165 cm³/mol. The van der Waals surface area contributed by atoms with E-state index in [9.17, 15) is 25.4 Å². The monoisotopic (exact) mass is 599 g/mol. The number of hydrogen-bond acceptors (Lipinski definition) is 9. The fourth-order valence-corrected chi connectivity index (χ4v) is 5.97. The van der Waals surface area contributed by atoms with E-state index < -0.39 is 10.8 Å². The number of methoxy groups -OCH3 is 4. The Bertz CT molecular complexity index is 1700. The van der Waals surface area contributed by atoms with Crippen molar-refractivity contribution in [2.24, 2.45) is 0 Å². The number of nitro benzene ring substituents is 1. The van der Waals surface area contributed by atoms with Gasteiger partial charge in [-0.1, -0.05) is 0 Å². The summed E-state index contributed by atoms with van der Waals surface area (Å²) in [6, 6.07) is 14.6. The number of nitrogens with one attached hydrogen (secondary N) is 1. The van der Waals surface area contributed by atoms with E-state index in [0.717, 1.165) is 0 Å². The largest absolute Gasteiger partial charge is 0.507 e. The predicted octanol–water partition coefficient (Wildman–Crippen LogP) is 6.50. The Balaban J connectivity index is 1.86. The Labute approximate surface area is 254 Å². The number of hydrogen-bond donors (Lipinski definition) is 2. The Morgan fingerprint density at radius 3 is 2.16 bits per heavy atom. The molecule has 1 aliphatic heterocycles. The van der Waals surface area contributed by atoms with Gasteiger partial charge in [0.15, 0.2) is 17.3 Å². The van der Waals surface area contributed by atoms with Crippen LogP contribution in [-0.2, 0) is 4.79 Å². The van der Waals surface area contributed by atoms with Crippen molar-refractivity contribution in [3.8, 4) is 23.0 Å². The van der Waals surface area contributed by atoms with Gasteiger partial charge in [0.1, 0.15) is 17.3 Å². The first-order valence-electron chi connectivity index (χ1n) is 13.9. The summed E-state index contributed by atoms with van der Waals surface area (Å²) in [5.41, 5.74) is 3.14. The van der Waals surface area contributed by atoms with Crippen LogP contribution in [0.1, 0.15) is 41.9 Å². The van der Waals surface area contributed by atoms with Gasteiger partial charge in [0.25, 0.3) is 5.69 Å². The van der Waals surface area contributed by atoms with Gasteiger partial charge in [-0.15, -0.1) is 0 Å². The number of ether oxygens (including phenoxy) is 4. The molecule has 3 aromatic rings. The average Bonchev–Trinajstić information content (AvgIpc) is 3.03. The molecule has 0 amide bonds. The Hall–Kier alpha value is -5.32. The van der Waals surface area contributed by atoms with E-state index in [2.05, 4.69) is 0 Å². The van der Waals surface area contributed by atoms with Crippen LogP contribution in [-0.4, -0.2) is 50.1 Å². The summed E-state index contributed by atoms with van der Waals surface area (Å²) in [7, 11) is 6.01. The molecule has 0 saturated carbocycles. The first kappa shape index (κ1) is 30.1. The third-order valence-corrected chi connectivity index (χ3v) is 8.03. The molecule has 44 heavy (non-hydrogen) atoms. The maximum Gasteiger partial charge on any atom is 0.269 e. The van der Waals surface area contributed by atoms with Gasteiger partial charge >= 0.3 is 0 Å². The van der Waals surface area contributed by atoms with Gasteiger partial charge in [-0.25, -0.2) is 0 Å². The summed E-state index contributed by atoms with van der Waals surface area (Å²) in [6.45, 7) is 1.72. The molecule has 5 rings (SSSR count). The molecule has 0 radical (unpaired) electrons. The summed E-state index contributed by atoms with van der Waals surface area (Å²) in [6.07, 6.45) is 1.34. The van der Waals surface area contributed by atoms with Crippen LogP contribution < -0.4 is 23.8 Å². The zero-order valence-electron chi connectivity index (χ0n) is 25.1. The Morgan fingerprint density at radius 2 is 1.61 bits per heavy atom. The molecule has 1 heterocycles. The molecule has 0 spiro atoms. The van der Waals surface area contributed by atoms with Crippen LogP contribution in [0.15, 0.2) is 71.4 Å². The van der Waals surface area contributed by atoms with Crippen molar-refractivity contribution in [1.82, 2.24) is 0 Å². The van der Waals surface area contributed by atoms with Crippen molar-refractivity contribution in [2.45, 2.75) is 32.1 Å². The fraction of sp³-hybridized carbons (Fsp3) is 0.273. The summed E-state index contributed by atoms with van der Waals surface area (Å²) < 4.78 is 22.1. The minimum atomic E-state index is -0.865. The number of nitrogens with zero attached hydrogens (tertiary/aromatic N) is 2. The Morgan fingerprint density at radius 1 is 0.955 bits per heavy atom. The standard InChI is InChI=1S/C33H33N3O8/c1-18-15-21(36(39)40)11-14-23(18)35-24-7-6-8-25(37)29(24)28(20-16-26(42-3)32(44-5)27(17-20)43-4)30(33(35)34)31(38)19-9-12-22(41-2)13-10-19/h9-17,28,34,38H,6-8H2,1-5H3/t28-/m1/s1. The molecule has 228 valence electrons. The summed E-state index contributed by atoms with van der Waals surface area (Å²) in [5, 5.41) is 33.0. The second-order valence-electron chi connectivity index (χ2n) is 10.4. The number of aryl methyl sites for hydroxylation is 1. The van der Waals surface area contributed by atoms with Gasteiger partial charge in [0.2, 0.25) is 5.75 Å². The zero-order chi connectivity index (χ0) is 31.7. The van der Waals surface area contributed by atoms with E-state index in [0.29, 0.717) is 69.5 Å². The number of Topliss-reactive ketones (excluding diaryl/α,β-unsaturated/α-hetero) is 1. The van der Waals surface area contributed by atoms with Crippen LogP contribution in [0.25, 0.3) is 5.76 Å². The number of allylic oxidation sites excluding steroid dienone is 2. The fourth-order valence-electron chi connectivity index (χ4n) is 5.97. The first-order valence-corrected chi connectivity index (χ1v) is 13.9. The molecule has 0 unspecified atom stereocenters. The number of carbonyl (C=O) groups excluding carboxylic acids is 1. The lowest BCUT2D eigenvalue weighted by molar-refractivity contribution is -0.384. The van der Waals surface area contributed by atoms with E-state index in [1.54, 1.807) is 54.3 Å². The van der Waals surface area contributed by atoms with Crippen molar-refractivity contribution in [3.63, 3.8) is 0 Å². The third kappa shape index (κ3) is 5.10. The highest BCUT2D eigenvalue weighted by molar-refractivity contribution is 6.20. The van der Waals surface area contributed by atoms with Gasteiger partial charge < -0.3 is 24.1 Å². The van der Waals surface area contributed by atoms with Crippen molar-refractivity contribution in [1.29, 1.82) is 5.41 Å². The molecule has 0 aromatic heterocycles. The highest BCUT2D eigenvalue weighted by atomic mass is 16.6. The quantitative estimate of drug-likeness (QED) is 0.168. The summed E-state index contributed by atoms with van der Waals surface area (Å²) in [4.78, 5) is 26.5. The van der Waals surface area contributed by atoms with Crippen LogP contribution in [0.3, 0.4) is 0 Å². The normalized spacial score (nSPS) is 17.7. The molecule has 11 heteroatoms. The number of ketones is 1. The molecule has 1 aliphatic carbocycles. The van der Waals surface area contributed by atoms with E-state index >= 15 is 0 Å². The molecule has 2 aliphatic rings. The highest BCUT2D eigenvalue weighted by Crippen LogP contribution is 2.51. The number of amidine groups is 1. The number of rotatable bonds is 8. The SMILES string of the molecule is COc1ccc(C(O)=C2C(=N)N(c3ccc([N+](=O)[O-])cc3C)C3=C(C(=O)CCC3)[C@H]2c2cc(OC)c(OC)c(OC)c2)cc1. The van der Waals surface area contributed by atoms with E-state index in [1.165, 1.54) is 40.6 Å². The highest BCUT2D eigenvalue weighted by Gasteiger charge is 2.44. The number of nitro groups is 1. The average molecular weight is 600 g/mol. The van der Waals surface area contributed by atoms with Crippen molar-refractivity contribution in [2.75, 3.05) is 33.3 Å². The molecular formula is C33H33N3O8. The van der Waals surface area contributed by atoms with Gasteiger partial charge in [-0.3, -0.25) is 25.2 Å².